The fourth-order valence-corrected chi connectivity index (χ4v) is 2.11. The molecule has 0 radical (unpaired) electrons. The summed E-state index contributed by atoms with van der Waals surface area (Å²) in [5.41, 5.74) is 0.650. The molecule has 1 aliphatic heterocycles. The van der Waals surface area contributed by atoms with Crippen molar-refractivity contribution in [3.63, 3.8) is 0 Å². The second kappa shape index (κ2) is 6.19. The van der Waals surface area contributed by atoms with Gasteiger partial charge in [-0.3, -0.25) is 9.59 Å². The van der Waals surface area contributed by atoms with Crippen molar-refractivity contribution < 1.29 is 9.59 Å². The van der Waals surface area contributed by atoms with Gasteiger partial charge in [-0.15, -0.1) is 0 Å². The van der Waals surface area contributed by atoms with Crippen LogP contribution in [-0.2, 0) is 4.79 Å². The molecule has 18 heavy (non-hydrogen) atoms. The van der Waals surface area contributed by atoms with E-state index >= 15 is 0 Å². The summed E-state index contributed by atoms with van der Waals surface area (Å²) in [7, 11) is 0. The lowest BCUT2D eigenvalue weighted by molar-refractivity contribution is -0.121. The third-order valence-electron chi connectivity index (χ3n) is 3.12. The van der Waals surface area contributed by atoms with Crippen LogP contribution in [0.5, 0.6) is 0 Å². The number of rotatable bonds is 3. The Labute approximate surface area is 107 Å². The van der Waals surface area contributed by atoms with E-state index in [1.165, 1.54) is 0 Å². The minimum absolute atomic E-state index is 0.0627. The van der Waals surface area contributed by atoms with Crippen molar-refractivity contribution in [2.45, 2.75) is 31.7 Å². The lowest BCUT2D eigenvalue weighted by Gasteiger charge is -2.16. The molecule has 0 aliphatic carbocycles. The molecule has 1 unspecified atom stereocenters. The molecule has 1 aromatic rings. The van der Waals surface area contributed by atoms with E-state index in [0.717, 1.165) is 19.3 Å². The molecule has 1 aromatic carbocycles. The molecule has 1 saturated heterocycles. The van der Waals surface area contributed by atoms with Crippen LogP contribution in [0.4, 0.5) is 0 Å². The predicted molar refractivity (Wildman–Crippen MR) is 69.2 cm³/mol. The number of hydrogen-bond donors (Lipinski definition) is 2. The number of hydrogen-bond acceptors (Lipinski definition) is 2. The molecule has 2 N–H and O–H groups in total. The summed E-state index contributed by atoms with van der Waals surface area (Å²) in [6.45, 7) is 0.499. The van der Waals surface area contributed by atoms with E-state index in [0.29, 0.717) is 18.5 Å². The first-order chi connectivity index (χ1) is 8.75. The highest BCUT2D eigenvalue weighted by atomic mass is 16.2. The van der Waals surface area contributed by atoms with Crippen LogP contribution < -0.4 is 10.6 Å². The summed E-state index contributed by atoms with van der Waals surface area (Å²) in [4.78, 5) is 23.2. The SMILES string of the molecule is O=C1CCCCC(CNC(=O)c2ccccc2)N1. The standard InChI is InChI=1S/C14H18N2O2/c17-13-9-5-4-8-12(16-13)10-15-14(18)11-6-2-1-3-7-11/h1-3,6-7,12H,4-5,8-10H2,(H,15,18)(H,16,17). The lowest BCUT2D eigenvalue weighted by Crippen LogP contribution is -2.42. The van der Waals surface area contributed by atoms with Crippen LogP contribution in [0.25, 0.3) is 0 Å². The van der Waals surface area contributed by atoms with Crippen molar-refractivity contribution in [1.82, 2.24) is 10.6 Å². The lowest BCUT2D eigenvalue weighted by atomic mass is 10.1. The maximum Gasteiger partial charge on any atom is 0.251 e. The summed E-state index contributed by atoms with van der Waals surface area (Å²) in [5, 5.41) is 5.80. The summed E-state index contributed by atoms with van der Waals surface area (Å²) in [5.74, 6) is 0.000515. The minimum atomic E-state index is -0.0888. The van der Waals surface area contributed by atoms with Gasteiger partial charge in [-0.25, -0.2) is 0 Å². The average Bonchev–Trinajstić information content (AvgIpc) is 2.61. The maximum absolute atomic E-state index is 11.8. The van der Waals surface area contributed by atoms with E-state index < -0.39 is 0 Å². The Morgan fingerprint density at radius 1 is 1.28 bits per heavy atom. The second-order valence-corrected chi connectivity index (χ2v) is 4.59. The molecule has 1 aliphatic rings. The first-order valence-corrected chi connectivity index (χ1v) is 6.38. The first-order valence-electron chi connectivity index (χ1n) is 6.38. The highest BCUT2D eigenvalue weighted by molar-refractivity contribution is 5.94. The minimum Gasteiger partial charge on any atom is -0.352 e. The average molecular weight is 246 g/mol. The molecule has 0 aromatic heterocycles. The van der Waals surface area contributed by atoms with Crippen LogP contribution in [0.2, 0.25) is 0 Å². The maximum atomic E-state index is 11.8. The summed E-state index contributed by atoms with van der Waals surface area (Å²) >= 11 is 0. The molecular weight excluding hydrogens is 228 g/mol. The quantitative estimate of drug-likeness (QED) is 0.848. The highest BCUT2D eigenvalue weighted by Crippen LogP contribution is 2.08. The third-order valence-corrected chi connectivity index (χ3v) is 3.12. The van der Waals surface area contributed by atoms with Crippen molar-refractivity contribution in [1.29, 1.82) is 0 Å². The van der Waals surface area contributed by atoms with Gasteiger partial charge >= 0.3 is 0 Å². The van der Waals surface area contributed by atoms with Crippen molar-refractivity contribution in [3.8, 4) is 0 Å². The Kier molecular flexibility index (Phi) is 4.34. The van der Waals surface area contributed by atoms with Gasteiger partial charge in [0.05, 0.1) is 0 Å². The molecule has 0 spiro atoms. The zero-order valence-electron chi connectivity index (χ0n) is 10.3. The molecule has 4 nitrogen and oxygen atoms in total. The Bertz CT molecular complexity index is 417. The number of amides is 2. The van der Waals surface area contributed by atoms with Gasteiger partial charge in [0.1, 0.15) is 0 Å². The number of nitrogens with one attached hydrogen (secondary N) is 2. The van der Waals surface area contributed by atoms with Crippen molar-refractivity contribution in [2.75, 3.05) is 6.54 Å². The Hall–Kier alpha value is -1.84. The van der Waals surface area contributed by atoms with Gasteiger partial charge in [-0.2, -0.15) is 0 Å². The van der Waals surface area contributed by atoms with Crippen LogP contribution in [0.3, 0.4) is 0 Å². The number of carbonyl (C=O) groups is 2. The molecule has 2 amide bonds. The number of carbonyl (C=O) groups excluding carboxylic acids is 2. The van der Waals surface area contributed by atoms with Gasteiger partial charge < -0.3 is 10.6 Å². The van der Waals surface area contributed by atoms with Crippen LogP contribution in [-0.4, -0.2) is 24.4 Å². The van der Waals surface area contributed by atoms with Gasteiger partial charge in [0.25, 0.3) is 5.91 Å². The molecular formula is C14H18N2O2. The summed E-state index contributed by atoms with van der Waals surface area (Å²) in [6, 6.07) is 9.17. The normalized spacial score (nSPS) is 19.8. The van der Waals surface area contributed by atoms with Crippen molar-refractivity contribution in [3.05, 3.63) is 35.9 Å². The molecule has 2 rings (SSSR count). The second-order valence-electron chi connectivity index (χ2n) is 4.59. The third kappa shape index (κ3) is 3.58. The number of benzene rings is 1. The van der Waals surface area contributed by atoms with Gasteiger partial charge in [-0.1, -0.05) is 24.6 Å². The zero-order valence-corrected chi connectivity index (χ0v) is 10.3. The van der Waals surface area contributed by atoms with Crippen LogP contribution in [0.1, 0.15) is 36.0 Å². The fraction of sp³-hybridized carbons (Fsp3) is 0.429. The monoisotopic (exact) mass is 246 g/mol. The molecule has 1 fully saturated rings. The van der Waals surface area contributed by atoms with Crippen LogP contribution >= 0.6 is 0 Å². The zero-order chi connectivity index (χ0) is 12.8. The fourth-order valence-electron chi connectivity index (χ4n) is 2.11. The van der Waals surface area contributed by atoms with E-state index in [-0.39, 0.29) is 17.9 Å². The molecule has 1 atom stereocenters. The molecule has 0 saturated carbocycles. The highest BCUT2D eigenvalue weighted by Gasteiger charge is 2.17. The van der Waals surface area contributed by atoms with Gasteiger partial charge in [0.2, 0.25) is 5.91 Å². The van der Waals surface area contributed by atoms with Crippen LogP contribution in [0.15, 0.2) is 30.3 Å². The molecule has 1 heterocycles. The molecule has 0 bridgehead atoms. The predicted octanol–water partition coefficient (Wildman–Crippen LogP) is 1.48. The Morgan fingerprint density at radius 2 is 2.06 bits per heavy atom. The topological polar surface area (TPSA) is 58.2 Å². The van der Waals surface area contributed by atoms with Gasteiger partial charge in [0, 0.05) is 24.6 Å². The van der Waals surface area contributed by atoms with Gasteiger partial charge in [0.15, 0.2) is 0 Å². The smallest absolute Gasteiger partial charge is 0.251 e. The van der Waals surface area contributed by atoms with E-state index in [1.54, 1.807) is 12.1 Å². The van der Waals surface area contributed by atoms with Crippen molar-refractivity contribution >= 4 is 11.8 Å². The summed E-state index contributed by atoms with van der Waals surface area (Å²) < 4.78 is 0. The van der Waals surface area contributed by atoms with E-state index in [4.69, 9.17) is 0 Å². The van der Waals surface area contributed by atoms with Crippen LogP contribution in [0, 0.1) is 0 Å². The molecule has 96 valence electrons. The Balaban J connectivity index is 1.84. The molecule has 4 heteroatoms. The first kappa shape index (κ1) is 12.6. The Morgan fingerprint density at radius 3 is 2.83 bits per heavy atom. The van der Waals surface area contributed by atoms with E-state index in [2.05, 4.69) is 10.6 Å². The van der Waals surface area contributed by atoms with E-state index in [1.807, 2.05) is 18.2 Å². The van der Waals surface area contributed by atoms with E-state index in [9.17, 15) is 9.59 Å². The largest absolute Gasteiger partial charge is 0.352 e. The van der Waals surface area contributed by atoms with Gasteiger partial charge in [-0.05, 0) is 25.0 Å². The van der Waals surface area contributed by atoms with Crippen molar-refractivity contribution in [2.24, 2.45) is 0 Å². The summed E-state index contributed by atoms with van der Waals surface area (Å²) in [6.07, 6.45) is 3.50.